The molecule has 0 spiro atoms. The zero-order chi connectivity index (χ0) is 13.1. The van der Waals surface area contributed by atoms with Gasteiger partial charge in [-0.2, -0.15) is 0 Å². The van der Waals surface area contributed by atoms with Crippen molar-refractivity contribution in [1.82, 2.24) is 0 Å². The summed E-state index contributed by atoms with van der Waals surface area (Å²) in [6, 6.07) is 9.33. The van der Waals surface area contributed by atoms with E-state index in [-0.39, 0.29) is 0 Å². The van der Waals surface area contributed by atoms with Crippen molar-refractivity contribution in [2.24, 2.45) is 0 Å². The summed E-state index contributed by atoms with van der Waals surface area (Å²) in [6.45, 7) is -0.517. The molecule has 4 N–H and O–H groups in total. The van der Waals surface area contributed by atoms with Gasteiger partial charge in [-0.05, 0) is 12.1 Å². The van der Waals surface area contributed by atoms with E-state index in [4.69, 9.17) is 9.84 Å². The highest BCUT2D eigenvalue weighted by Crippen LogP contribution is 2.35. The Morgan fingerprint density at radius 1 is 1.17 bits per heavy atom. The van der Waals surface area contributed by atoms with Crippen LogP contribution in [0.3, 0.4) is 0 Å². The lowest BCUT2D eigenvalue weighted by atomic mass is 10.1. The monoisotopic (exact) mass is 272 g/mol. The molecule has 1 saturated heterocycles. The Morgan fingerprint density at radius 2 is 1.83 bits per heavy atom. The summed E-state index contributed by atoms with van der Waals surface area (Å²) < 4.78 is 5.40. The van der Waals surface area contributed by atoms with Crippen molar-refractivity contribution < 1.29 is 25.2 Å². The van der Waals surface area contributed by atoms with Gasteiger partial charge in [-0.3, -0.25) is 0 Å². The van der Waals surface area contributed by atoms with Crippen LogP contribution in [0.4, 0.5) is 0 Å². The molecule has 6 heteroatoms. The molecule has 0 saturated carbocycles. The predicted octanol–water partition coefficient (Wildman–Crippen LogP) is -0.421. The summed E-state index contributed by atoms with van der Waals surface area (Å²) in [5.41, 5.74) is -0.659. The van der Waals surface area contributed by atoms with Gasteiger partial charge >= 0.3 is 0 Å². The fourth-order valence-corrected chi connectivity index (χ4v) is 2.89. The van der Waals surface area contributed by atoms with Gasteiger partial charge in [0.1, 0.15) is 29.9 Å². The van der Waals surface area contributed by atoms with Crippen molar-refractivity contribution >= 4 is 11.8 Å². The molecule has 0 bridgehead atoms. The van der Waals surface area contributed by atoms with E-state index in [2.05, 4.69) is 0 Å². The van der Waals surface area contributed by atoms with Crippen LogP contribution in [-0.2, 0) is 4.74 Å². The molecule has 1 heterocycles. The molecule has 1 aliphatic rings. The highest BCUT2D eigenvalue weighted by Gasteiger charge is 2.46. The second-order valence-corrected chi connectivity index (χ2v) is 5.30. The molecule has 0 aliphatic carbocycles. The maximum atomic E-state index is 9.85. The summed E-state index contributed by atoms with van der Waals surface area (Å²) in [6.07, 6.45) is -4.46. The number of hydrogen-bond acceptors (Lipinski definition) is 6. The van der Waals surface area contributed by atoms with Gasteiger partial charge in [-0.15, -0.1) is 0 Å². The van der Waals surface area contributed by atoms with E-state index in [1.165, 1.54) is 11.8 Å². The molecule has 0 radical (unpaired) electrons. The lowest BCUT2D eigenvalue weighted by molar-refractivity contribution is -0.0713. The van der Waals surface area contributed by atoms with Gasteiger partial charge in [0.25, 0.3) is 0 Å². The van der Waals surface area contributed by atoms with Crippen molar-refractivity contribution in [3.8, 4) is 0 Å². The molecule has 1 aromatic carbocycles. The number of aliphatic hydroxyl groups excluding tert-OH is 4. The molecule has 2 rings (SSSR count). The van der Waals surface area contributed by atoms with Crippen LogP contribution in [0.2, 0.25) is 0 Å². The third-order valence-electron chi connectivity index (χ3n) is 2.82. The van der Waals surface area contributed by atoms with Crippen LogP contribution in [0.25, 0.3) is 0 Å². The third kappa shape index (κ3) is 2.85. The van der Waals surface area contributed by atoms with Gasteiger partial charge in [-0.1, -0.05) is 30.0 Å². The molecule has 5 atom stereocenters. The normalized spacial score (nSPS) is 33.6. The Labute approximate surface area is 109 Å². The smallest absolute Gasteiger partial charge is 0.136 e. The van der Waals surface area contributed by atoms with E-state index in [9.17, 15) is 15.3 Å². The van der Waals surface area contributed by atoms with Gasteiger partial charge in [-0.25, -0.2) is 0 Å². The minimum Gasteiger partial charge on any atom is -0.394 e. The molecule has 0 unspecified atom stereocenters. The van der Waals surface area contributed by atoms with Gasteiger partial charge in [0.15, 0.2) is 0 Å². The first kappa shape index (κ1) is 13.8. The van der Waals surface area contributed by atoms with E-state index in [1.807, 2.05) is 30.3 Å². The first-order valence-corrected chi connectivity index (χ1v) is 6.53. The van der Waals surface area contributed by atoms with Crippen molar-refractivity contribution in [1.29, 1.82) is 0 Å². The van der Waals surface area contributed by atoms with Crippen molar-refractivity contribution in [2.45, 2.75) is 34.7 Å². The molecular formula is C12H16O5S. The predicted molar refractivity (Wildman–Crippen MR) is 66.1 cm³/mol. The highest BCUT2D eigenvalue weighted by molar-refractivity contribution is 7.99. The summed E-state index contributed by atoms with van der Waals surface area (Å²) >= 11 is 1.27. The highest BCUT2D eigenvalue weighted by atomic mass is 32.2. The van der Waals surface area contributed by atoms with Crippen LogP contribution in [0.15, 0.2) is 35.2 Å². The fourth-order valence-electron chi connectivity index (χ4n) is 1.82. The number of ether oxygens (including phenoxy) is 1. The Kier molecular flexibility index (Phi) is 4.60. The lowest BCUT2D eigenvalue weighted by Crippen LogP contribution is -2.40. The Balaban J connectivity index is 2.03. The maximum absolute atomic E-state index is 9.85. The maximum Gasteiger partial charge on any atom is 0.136 e. The molecule has 0 amide bonds. The zero-order valence-electron chi connectivity index (χ0n) is 9.59. The summed E-state index contributed by atoms with van der Waals surface area (Å²) in [4.78, 5) is 0.896. The van der Waals surface area contributed by atoms with Crippen LogP contribution in [0.5, 0.6) is 0 Å². The second kappa shape index (κ2) is 6.01. The summed E-state index contributed by atoms with van der Waals surface area (Å²) in [7, 11) is 0. The molecule has 1 aliphatic heterocycles. The van der Waals surface area contributed by atoms with Crippen LogP contribution in [0.1, 0.15) is 0 Å². The van der Waals surface area contributed by atoms with Crippen LogP contribution in [-0.4, -0.2) is 56.9 Å². The van der Waals surface area contributed by atoms with Gasteiger partial charge < -0.3 is 25.2 Å². The van der Waals surface area contributed by atoms with Gasteiger partial charge in [0, 0.05) is 4.90 Å². The number of hydrogen-bond donors (Lipinski definition) is 4. The van der Waals surface area contributed by atoms with Gasteiger partial charge in [0.2, 0.25) is 0 Å². The molecule has 1 aromatic rings. The quantitative estimate of drug-likeness (QED) is 0.595. The Morgan fingerprint density at radius 3 is 2.44 bits per heavy atom. The molecule has 5 nitrogen and oxygen atoms in total. The zero-order valence-corrected chi connectivity index (χ0v) is 10.4. The summed E-state index contributed by atoms with van der Waals surface area (Å²) in [5, 5.41) is 37.9. The average molecular weight is 272 g/mol. The average Bonchev–Trinajstić information content (AvgIpc) is 2.67. The van der Waals surface area contributed by atoms with Crippen LogP contribution in [0, 0.1) is 0 Å². The number of rotatable bonds is 4. The first-order valence-electron chi connectivity index (χ1n) is 5.65. The number of thioether (sulfide) groups is 1. The largest absolute Gasteiger partial charge is 0.394 e. The molecule has 1 fully saturated rings. The Bertz CT molecular complexity index is 374. The molecule has 100 valence electrons. The van der Waals surface area contributed by atoms with Crippen molar-refractivity contribution in [3.63, 3.8) is 0 Å². The van der Waals surface area contributed by atoms with E-state index in [0.717, 1.165) is 4.90 Å². The molecule has 18 heavy (non-hydrogen) atoms. The minimum absolute atomic E-state index is 0.517. The van der Waals surface area contributed by atoms with Crippen LogP contribution >= 0.6 is 11.8 Å². The SMILES string of the molecule is OC[C@H](O)[C@@H]1O[C@@H](Sc2ccccc2)[C@H](O)[C@H]1O. The number of aliphatic hydroxyl groups is 4. The molecule has 0 aromatic heterocycles. The second-order valence-electron chi connectivity index (χ2n) is 4.13. The van der Waals surface area contributed by atoms with E-state index < -0.39 is 36.5 Å². The third-order valence-corrected chi connectivity index (χ3v) is 3.98. The van der Waals surface area contributed by atoms with E-state index in [0.29, 0.717) is 0 Å². The first-order chi connectivity index (χ1) is 8.63. The van der Waals surface area contributed by atoms with Gasteiger partial charge in [0.05, 0.1) is 6.61 Å². The standard InChI is InChI=1S/C12H16O5S/c13-6-8(14)11-9(15)10(16)12(17-11)18-7-4-2-1-3-5-7/h1-5,8-16H,6H2/t8-,9+,10+,11-,12-/m0/s1. The van der Waals surface area contributed by atoms with E-state index in [1.54, 1.807) is 0 Å². The van der Waals surface area contributed by atoms with Crippen molar-refractivity contribution in [2.75, 3.05) is 6.61 Å². The Hall–Kier alpha value is -0.630. The van der Waals surface area contributed by atoms with E-state index >= 15 is 0 Å². The van der Waals surface area contributed by atoms with Crippen LogP contribution < -0.4 is 0 Å². The fraction of sp³-hybridized carbons (Fsp3) is 0.500. The molecular weight excluding hydrogens is 256 g/mol. The number of benzene rings is 1. The summed E-state index contributed by atoms with van der Waals surface area (Å²) in [5.74, 6) is 0. The minimum atomic E-state index is -1.20. The topological polar surface area (TPSA) is 90.2 Å². The lowest BCUT2D eigenvalue weighted by Gasteiger charge is -2.18. The van der Waals surface area contributed by atoms with Crippen molar-refractivity contribution in [3.05, 3.63) is 30.3 Å².